The topological polar surface area (TPSA) is 54.0 Å². The lowest BCUT2D eigenvalue weighted by Crippen LogP contribution is -2.44. The molecule has 148 valence electrons. The number of aryl methyl sites for hydroxylation is 1. The summed E-state index contributed by atoms with van der Waals surface area (Å²) in [6, 6.07) is 14.0. The first-order valence-corrected chi connectivity index (χ1v) is 9.90. The molecule has 1 fully saturated rings. The Labute approximate surface area is 166 Å². The number of hydrogen-bond acceptors (Lipinski definition) is 5. The Balaban J connectivity index is 1.36. The fraction of sp³-hybridized carbons (Fsp3) is 0.409. The van der Waals surface area contributed by atoms with Crippen LogP contribution in [-0.4, -0.2) is 57.2 Å². The predicted octanol–water partition coefficient (Wildman–Crippen LogP) is 2.78. The molecule has 0 bridgehead atoms. The van der Waals surface area contributed by atoms with Crippen molar-refractivity contribution in [1.29, 1.82) is 0 Å². The molecule has 0 aliphatic carbocycles. The summed E-state index contributed by atoms with van der Waals surface area (Å²) < 4.78 is 11.2. The van der Waals surface area contributed by atoms with Crippen LogP contribution in [0.15, 0.2) is 42.5 Å². The molecule has 0 spiro atoms. The van der Waals surface area contributed by atoms with E-state index in [-0.39, 0.29) is 5.91 Å². The number of para-hydroxylation sites is 2. The van der Waals surface area contributed by atoms with Crippen molar-refractivity contribution < 1.29 is 14.3 Å². The number of rotatable bonds is 5. The quantitative estimate of drug-likeness (QED) is 0.863. The van der Waals surface area contributed by atoms with Gasteiger partial charge in [0, 0.05) is 32.6 Å². The summed E-state index contributed by atoms with van der Waals surface area (Å²) in [5, 5.41) is 3.10. The molecule has 1 saturated heterocycles. The summed E-state index contributed by atoms with van der Waals surface area (Å²) in [7, 11) is 2.14. The number of nitrogens with one attached hydrogen (secondary N) is 1. The second-order valence-corrected chi connectivity index (χ2v) is 7.33. The van der Waals surface area contributed by atoms with Gasteiger partial charge in [-0.25, -0.2) is 0 Å². The van der Waals surface area contributed by atoms with Gasteiger partial charge in [-0.05, 0) is 43.3 Å². The van der Waals surface area contributed by atoms with Crippen LogP contribution in [0.3, 0.4) is 0 Å². The number of likely N-dealkylation sites (N-methyl/N-ethyl adjacent to an activating group) is 1. The average Bonchev–Trinajstić information content (AvgIpc) is 2.73. The molecule has 0 atom stereocenters. The molecule has 6 heteroatoms. The first-order valence-electron chi connectivity index (χ1n) is 9.90. The molecule has 6 nitrogen and oxygen atoms in total. The van der Waals surface area contributed by atoms with Crippen molar-refractivity contribution in [3.63, 3.8) is 0 Å². The largest absolute Gasteiger partial charge is 0.486 e. The van der Waals surface area contributed by atoms with Gasteiger partial charge in [-0.1, -0.05) is 18.2 Å². The fourth-order valence-electron chi connectivity index (χ4n) is 3.62. The normalized spacial score (nSPS) is 16.7. The maximum atomic E-state index is 12.6. The molecular weight excluding hydrogens is 354 g/mol. The van der Waals surface area contributed by atoms with Crippen molar-refractivity contribution in [2.45, 2.75) is 12.8 Å². The number of amides is 1. The first kappa shape index (κ1) is 18.6. The number of hydrogen-bond donors (Lipinski definition) is 1. The SMILES string of the molecule is CN1CCN(c2ccccc2NC(=O)CCc2ccc3c(c2)OCCO3)CC1. The van der Waals surface area contributed by atoms with E-state index in [0.717, 1.165) is 54.6 Å². The van der Waals surface area contributed by atoms with Gasteiger partial charge >= 0.3 is 0 Å². The molecule has 4 rings (SSSR count). The number of benzene rings is 2. The number of fused-ring (bicyclic) bond motifs is 1. The molecule has 2 aromatic carbocycles. The Morgan fingerprint density at radius 2 is 1.75 bits per heavy atom. The van der Waals surface area contributed by atoms with Gasteiger partial charge in [0.05, 0.1) is 11.4 Å². The maximum absolute atomic E-state index is 12.6. The summed E-state index contributed by atoms with van der Waals surface area (Å²) in [5.74, 6) is 1.57. The van der Waals surface area contributed by atoms with Gasteiger partial charge in [0.2, 0.25) is 5.91 Å². The number of ether oxygens (including phenoxy) is 2. The van der Waals surface area contributed by atoms with E-state index in [9.17, 15) is 4.79 Å². The molecule has 0 unspecified atom stereocenters. The number of piperazine rings is 1. The molecular formula is C22H27N3O3. The number of nitrogens with zero attached hydrogens (tertiary/aromatic N) is 2. The highest BCUT2D eigenvalue weighted by Crippen LogP contribution is 2.31. The molecule has 1 amide bonds. The third kappa shape index (κ3) is 4.39. The van der Waals surface area contributed by atoms with Gasteiger partial charge in [-0.3, -0.25) is 4.79 Å². The lowest BCUT2D eigenvalue weighted by molar-refractivity contribution is -0.116. The van der Waals surface area contributed by atoms with Gasteiger partial charge in [-0.2, -0.15) is 0 Å². The average molecular weight is 381 g/mol. The minimum absolute atomic E-state index is 0.0245. The lowest BCUT2D eigenvalue weighted by Gasteiger charge is -2.35. The van der Waals surface area contributed by atoms with Crippen LogP contribution in [0.25, 0.3) is 0 Å². The van der Waals surface area contributed by atoms with Crippen molar-refractivity contribution in [2.24, 2.45) is 0 Å². The van der Waals surface area contributed by atoms with Crippen LogP contribution in [0.1, 0.15) is 12.0 Å². The van der Waals surface area contributed by atoms with Crippen LogP contribution in [0, 0.1) is 0 Å². The molecule has 2 aliphatic rings. The standard InChI is InChI=1S/C22H27N3O3/c1-24-10-12-25(13-11-24)19-5-3-2-4-18(19)23-22(26)9-7-17-6-8-20-21(16-17)28-15-14-27-20/h2-6,8,16H,7,9-15H2,1H3,(H,23,26). The lowest BCUT2D eigenvalue weighted by atomic mass is 10.1. The first-order chi connectivity index (χ1) is 13.7. The van der Waals surface area contributed by atoms with Gasteiger partial charge in [-0.15, -0.1) is 0 Å². The maximum Gasteiger partial charge on any atom is 0.224 e. The van der Waals surface area contributed by atoms with Crippen molar-refractivity contribution in [3.05, 3.63) is 48.0 Å². The van der Waals surface area contributed by atoms with Crippen LogP contribution >= 0.6 is 0 Å². The van der Waals surface area contributed by atoms with Crippen LogP contribution < -0.4 is 19.7 Å². The van der Waals surface area contributed by atoms with Crippen molar-refractivity contribution in [1.82, 2.24) is 4.90 Å². The van der Waals surface area contributed by atoms with E-state index < -0.39 is 0 Å². The molecule has 2 heterocycles. The summed E-state index contributed by atoms with van der Waals surface area (Å²) in [4.78, 5) is 17.2. The highest BCUT2D eigenvalue weighted by molar-refractivity contribution is 5.94. The van der Waals surface area contributed by atoms with E-state index in [1.54, 1.807) is 0 Å². The third-order valence-electron chi connectivity index (χ3n) is 5.27. The van der Waals surface area contributed by atoms with Crippen LogP contribution in [-0.2, 0) is 11.2 Å². The zero-order valence-electron chi connectivity index (χ0n) is 16.3. The Morgan fingerprint density at radius 3 is 2.57 bits per heavy atom. The molecule has 2 aromatic rings. The monoisotopic (exact) mass is 381 g/mol. The zero-order valence-corrected chi connectivity index (χ0v) is 16.3. The second kappa shape index (κ2) is 8.52. The minimum Gasteiger partial charge on any atom is -0.486 e. The molecule has 0 saturated carbocycles. The highest BCUT2D eigenvalue weighted by atomic mass is 16.6. The van der Waals surface area contributed by atoms with Gasteiger partial charge in [0.15, 0.2) is 11.5 Å². The Bertz CT molecular complexity index is 832. The van der Waals surface area contributed by atoms with E-state index >= 15 is 0 Å². The van der Waals surface area contributed by atoms with E-state index in [4.69, 9.17) is 9.47 Å². The summed E-state index contributed by atoms with van der Waals surface area (Å²) >= 11 is 0. The highest BCUT2D eigenvalue weighted by Gasteiger charge is 2.18. The number of carbonyl (C=O) groups excluding carboxylic acids is 1. The Morgan fingerprint density at radius 1 is 1.00 bits per heavy atom. The Kier molecular flexibility index (Phi) is 5.67. The molecule has 0 radical (unpaired) electrons. The van der Waals surface area contributed by atoms with Gasteiger partial charge in [0.1, 0.15) is 13.2 Å². The zero-order chi connectivity index (χ0) is 19.3. The van der Waals surface area contributed by atoms with Gasteiger partial charge in [0.25, 0.3) is 0 Å². The molecule has 28 heavy (non-hydrogen) atoms. The molecule has 2 aliphatic heterocycles. The summed E-state index contributed by atoms with van der Waals surface area (Å²) in [5.41, 5.74) is 3.06. The minimum atomic E-state index is 0.0245. The van der Waals surface area contributed by atoms with E-state index in [2.05, 4.69) is 28.2 Å². The van der Waals surface area contributed by atoms with Crippen molar-refractivity contribution in [3.8, 4) is 11.5 Å². The second-order valence-electron chi connectivity index (χ2n) is 7.33. The van der Waals surface area contributed by atoms with Crippen LogP contribution in [0.4, 0.5) is 11.4 Å². The summed E-state index contributed by atoms with van der Waals surface area (Å²) in [6.45, 7) is 5.17. The van der Waals surface area contributed by atoms with Crippen LogP contribution in [0.2, 0.25) is 0 Å². The van der Waals surface area contributed by atoms with Crippen LogP contribution in [0.5, 0.6) is 11.5 Å². The van der Waals surface area contributed by atoms with E-state index in [1.807, 2.05) is 36.4 Å². The Hall–Kier alpha value is -2.73. The van der Waals surface area contributed by atoms with E-state index in [0.29, 0.717) is 26.1 Å². The number of carbonyl (C=O) groups is 1. The number of anilines is 2. The van der Waals surface area contributed by atoms with Gasteiger partial charge < -0.3 is 24.6 Å². The molecule has 1 N–H and O–H groups in total. The van der Waals surface area contributed by atoms with Crippen molar-refractivity contribution >= 4 is 17.3 Å². The predicted molar refractivity (Wildman–Crippen MR) is 111 cm³/mol. The van der Waals surface area contributed by atoms with E-state index in [1.165, 1.54) is 0 Å². The molecule has 0 aromatic heterocycles. The summed E-state index contributed by atoms with van der Waals surface area (Å²) in [6.07, 6.45) is 1.09. The fourth-order valence-corrected chi connectivity index (χ4v) is 3.62. The van der Waals surface area contributed by atoms with Crippen molar-refractivity contribution in [2.75, 3.05) is 56.7 Å². The third-order valence-corrected chi connectivity index (χ3v) is 5.27. The smallest absolute Gasteiger partial charge is 0.224 e.